The third-order valence-corrected chi connectivity index (χ3v) is 3.84. The predicted octanol–water partition coefficient (Wildman–Crippen LogP) is 1.86. The fraction of sp³-hybridized carbons (Fsp3) is 0.714. The van der Waals surface area contributed by atoms with Crippen molar-refractivity contribution < 1.29 is 0 Å². The first kappa shape index (κ1) is 14.1. The molecule has 106 valence electrons. The van der Waals surface area contributed by atoms with Crippen LogP contribution in [0.5, 0.6) is 0 Å². The molecule has 1 aliphatic carbocycles. The lowest BCUT2D eigenvalue weighted by molar-refractivity contribution is 0.504. The van der Waals surface area contributed by atoms with Crippen LogP contribution in [-0.4, -0.2) is 36.6 Å². The molecule has 1 saturated carbocycles. The van der Waals surface area contributed by atoms with Crippen molar-refractivity contribution >= 4 is 11.6 Å². The number of nitrogens with zero attached hydrogens (tertiary/aromatic N) is 3. The first-order valence-corrected chi connectivity index (χ1v) is 7.26. The molecule has 0 radical (unpaired) electrons. The Hall–Kier alpha value is -1.36. The molecule has 2 rings (SSSR count). The highest BCUT2D eigenvalue weighted by atomic mass is 15.2. The van der Waals surface area contributed by atoms with E-state index in [-0.39, 0.29) is 0 Å². The molecule has 5 nitrogen and oxygen atoms in total. The van der Waals surface area contributed by atoms with E-state index in [0.717, 1.165) is 30.6 Å². The number of hydrogen-bond acceptors (Lipinski definition) is 5. The van der Waals surface area contributed by atoms with Crippen LogP contribution < -0.4 is 16.0 Å². The van der Waals surface area contributed by atoms with E-state index in [9.17, 15) is 0 Å². The van der Waals surface area contributed by atoms with Crippen molar-refractivity contribution in [3.8, 4) is 0 Å². The van der Waals surface area contributed by atoms with E-state index < -0.39 is 0 Å². The lowest BCUT2D eigenvalue weighted by atomic mass is 10.0. The van der Waals surface area contributed by atoms with Gasteiger partial charge in [0.05, 0.1) is 0 Å². The number of aromatic nitrogens is 2. The molecule has 0 bridgehead atoms. The van der Waals surface area contributed by atoms with Crippen molar-refractivity contribution in [1.29, 1.82) is 0 Å². The van der Waals surface area contributed by atoms with Gasteiger partial charge in [0.2, 0.25) is 0 Å². The van der Waals surface area contributed by atoms with Crippen LogP contribution in [-0.2, 0) is 0 Å². The molecule has 1 heterocycles. The summed E-state index contributed by atoms with van der Waals surface area (Å²) in [6.45, 7) is 2.41. The second-order valence-electron chi connectivity index (χ2n) is 5.34. The third kappa shape index (κ3) is 4.35. The Morgan fingerprint density at radius 2 is 2.16 bits per heavy atom. The topological polar surface area (TPSA) is 67.1 Å². The molecule has 1 fully saturated rings. The molecule has 0 aliphatic heterocycles. The number of rotatable bonds is 7. The van der Waals surface area contributed by atoms with Crippen LogP contribution in [0.25, 0.3) is 0 Å². The summed E-state index contributed by atoms with van der Waals surface area (Å²) >= 11 is 0. The van der Waals surface area contributed by atoms with E-state index in [4.69, 9.17) is 5.73 Å². The Morgan fingerprint density at radius 3 is 2.89 bits per heavy atom. The molecule has 0 saturated heterocycles. The molecular weight excluding hydrogens is 238 g/mol. The minimum Gasteiger partial charge on any atom is -0.369 e. The van der Waals surface area contributed by atoms with Crippen molar-refractivity contribution in [3.05, 3.63) is 12.4 Å². The zero-order valence-electron chi connectivity index (χ0n) is 11.8. The molecule has 1 aromatic heterocycles. The van der Waals surface area contributed by atoms with Crippen molar-refractivity contribution in [2.45, 2.75) is 32.1 Å². The maximum absolute atomic E-state index is 5.48. The largest absolute Gasteiger partial charge is 0.369 e. The zero-order chi connectivity index (χ0) is 13.5. The van der Waals surface area contributed by atoms with E-state index in [2.05, 4.69) is 27.2 Å². The van der Waals surface area contributed by atoms with Gasteiger partial charge in [-0.1, -0.05) is 25.7 Å². The summed E-state index contributed by atoms with van der Waals surface area (Å²) in [5, 5.41) is 3.18. The highest BCUT2D eigenvalue weighted by Crippen LogP contribution is 2.28. The smallest absolute Gasteiger partial charge is 0.133 e. The molecule has 1 aliphatic rings. The Bertz CT molecular complexity index is 376. The average molecular weight is 263 g/mol. The normalized spacial score (nSPS) is 15.7. The summed E-state index contributed by atoms with van der Waals surface area (Å²) in [6.07, 6.45) is 8.51. The first-order chi connectivity index (χ1) is 9.29. The Kier molecular flexibility index (Phi) is 5.39. The minimum atomic E-state index is 0.608. The van der Waals surface area contributed by atoms with Crippen molar-refractivity contribution in [1.82, 2.24) is 9.97 Å². The van der Waals surface area contributed by atoms with Crippen molar-refractivity contribution in [2.75, 3.05) is 36.9 Å². The molecule has 0 spiro atoms. The Morgan fingerprint density at radius 1 is 1.37 bits per heavy atom. The molecule has 19 heavy (non-hydrogen) atoms. The average Bonchev–Trinajstić information content (AvgIpc) is 2.96. The van der Waals surface area contributed by atoms with Crippen LogP contribution in [0.3, 0.4) is 0 Å². The van der Waals surface area contributed by atoms with Gasteiger partial charge < -0.3 is 16.0 Å². The van der Waals surface area contributed by atoms with Gasteiger partial charge in [-0.2, -0.15) is 0 Å². The van der Waals surface area contributed by atoms with E-state index in [0.29, 0.717) is 6.54 Å². The Balaban J connectivity index is 1.84. The molecule has 1 aromatic rings. The number of anilines is 2. The van der Waals surface area contributed by atoms with Crippen LogP contribution in [0.2, 0.25) is 0 Å². The molecule has 0 unspecified atom stereocenters. The predicted molar refractivity (Wildman–Crippen MR) is 79.4 cm³/mol. The van der Waals surface area contributed by atoms with Gasteiger partial charge in [0.15, 0.2) is 0 Å². The minimum absolute atomic E-state index is 0.608. The maximum atomic E-state index is 5.48. The summed E-state index contributed by atoms with van der Waals surface area (Å²) < 4.78 is 0. The van der Waals surface area contributed by atoms with Crippen molar-refractivity contribution in [2.24, 2.45) is 11.7 Å². The summed E-state index contributed by atoms with van der Waals surface area (Å²) in [7, 11) is 2.10. The quantitative estimate of drug-likeness (QED) is 0.786. The van der Waals surface area contributed by atoms with Crippen LogP contribution >= 0.6 is 0 Å². The van der Waals surface area contributed by atoms with Crippen LogP contribution in [0, 0.1) is 5.92 Å². The molecule has 0 aromatic carbocycles. The fourth-order valence-electron chi connectivity index (χ4n) is 2.64. The molecule has 3 N–H and O–H groups in total. The van der Waals surface area contributed by atoms with E-state index in [1.165, 1.54) is 32.1 Å². The van der Waals surface area contributed by atoms with Crippen molar-refractivity contribution in [3.63, 3.8) is 0 Å². The van der Waals surface area contributed by atoms with Gasteiger partial charge in [-0.05, 0) is 12.3 Å². The maximum Gasteiger partial charge on any atom is 0.133 e. The summed E-state index contributed by atoms with van der Waals surface area (Å²) in [5.41, 5.74) is 5.48. The van der Waals surface area contributed by atoms with E-state index >= 15 is 0 Å². The first-order valence-electron chi connectivity index (χ1n) is 7.26. The fourth-order valence-corrected chi connectivity index (χ4v) is 2.64. The highest BCUT2D eigenvalue weighted by Gasteiger charge is 2.15. The lowest BCUT2D eigenvalue weighted by Gasteiger charge is -2.20. The Labute approximate surface area is 115 Å². The molecule has 0 atom stereocenters. The monoisotopic (exact) mass is 263 g/mol. The second kappa shape index (κ2) is 7.28. The SMILES string of the molecule is CN(CCC1CCCC1)c1cc(NCCN)ncn1. The van der Waals surface area contributed by atoms with Gasteiger partial charge in [0.25, 0.3) is 0 Å². The third-order valence-electron chi connectivity index (χ3n) is 3.84. The van der Waals surface area contributed by atoms with Gasteiger partial charge in [-0.3, -0.25) is 0 Å². The van der Waals surface area contributed by atoms with Crippen LogP contribution in [0.4, 0.5) is 11.6 Å². The summed E-state index contributed by atoms with van der Waals surface area (Å²) in [6, 6.07) is 1.99. The summed E-state index contributed by atoms with van der Waals surface area (Å²) in [4.78, 5) is 10.7. The second-order valence-corrected chi connectivity index (χ2v) is 5.34. The highest BCUT2D eigenvalue weighted by molar-refractivity contribution is 5.47. The van der Waals surface area contributed by atoms with E-state index in [1.54, 1.807) is 6.33 Å². The standard InChI is InChI=1S/C14H25N5/c1-19(9-6-12-4-2-3-5-12)14-10-13(16-8-7-15)17-11-18-14/h10-12H,2-9,15H2,1H3,(H,16,17,18). The van der Waals surface area contributed by atoms with Crippen LogP contribution in [0.1, 0.15) is 32.1 Å². The molecule has 0 amide bonds. The van der Waals surface area contributed by atoms with Crippen LogP contribution in [0.15, 0.2) is 12.4 Å². The van der Waals surface area contributed by atoms with Gasteiger partial charge in [-0.15, -0.1) is 0 Å². The van der Waals surface area contributed by atoms with Gasteiger partial charge >= 0.3 is 0 Å². The molecular formula is C14H25N5. The van der Waals surface area contributed by atoms with Gasteiger partial charge in [-0.25, -0.2) is 9.97 Å². The number of hydrogen-bond donors (Lipinski definition) is 2. The lowest BCUT2D eigenvalue weighted by Crippen LogP contribution is -2.22. The van der Waals surface area contributed by atoms with Gasteiger partial charge in [0.1, 0.15) is 18.0 Å². The number of nitrogens with one attached hydrogen (secondary N) is 1. The zero-order valence-corrected chi connectivity index (χ0v) is 11.8. The van der Waals surface area contributed by atoms with E-state index in [1.807, 2.05) is 6.07 Å². The number of nitrogens with two attached hydrogens (primary N) is 1. The van der Waals surface area contributed by atoms with Gasteiger partial charge in [0, 0.05) is 32.7 Å². The summed E-state index contributed by atoms with van der Waals surface area (Å²) in [5.74, 6) is 2.75. The molecule has 5 heteroatoms.